The number of ether oxygens (including phenoxy) is 1. The topological polar surface area (TPSA) is 55.5 Å². The van der Waals surface area contributed by atoms with Gasteiger partial charge in [-0.15, -0.1) is 12.4 Å². The first kappa shape index (κ1) is 13.4. The molecular weight excluding hydrogens is 249 g/mol. The molecule has 2 rings (SSSR count). The maximum Gasteiger partial charge on any atom is 0.142 e. The minimum absolute atomic E-state index is 0. The van der Waals surface area contributed by atoms with Crippen LogP contribution in [0, 0.1) is 5.92 Å². The normalized spacial score (nSPS) is 16.4. The smallest absolute Gasteiger partial charge is 0.142 e. The Morgan fingerprint density at radius 3 is 2.62 bits per heavy atom. The third-order valence-electron chi connectivity index (χ3n) is 2.81. The molecule has 3 N–H and O–H groups in total. The second kappa shape index (κ2) is 5.13. The van der Waals surface area contributed by atoms with Crippen LogP contribution in [-0.4, -0.2) is 12.2 Å². The number of rotatable bonds is 3. The lowest BCUT2D eigenvalue weighted by molar-refractivity contribution is 0.389. The first-order valence-electron chi connectivity index (χ1n) is 4.96. The largest absolute Gasteiger partial charge is 0.506 e. The molecule has 0 bridgehead atoms. The second-order valence-electron chi connectivity index (χ2n) is 3.88. The number of hydrogen-bond donors (Lipinski definition) is 2. The highest BCUT2D eigenvalue weighted by molar-refractivity contribution is 6.32. The Kier molecular flexibility index (Phi) is 4.30. The second-order valence-corrected chi connectivity index (χ2v) is 4.28. The molecule has 0 radical (unpaired) electrons. The zero-order valence-electron chi connectivity index (χ0n) is 8.94. The molecule has 0 saturated heterocycles. The van der Waals surface area contributed by atoms with Crippen LogP contribution in [0.4, 0.5) is 0 Å². The van der Waals surface area contributed by atoms with E-state index in [0.717, 1.165) is 12.8 Å². The molecule has 1 saturated carbocycles. The standard InChI is InChI=1S/C11H14ClNO2.ClH/c1-15-8-5-4-7(12)11(14)9(8)10(13)6-2-3-6;/h4-6,10,14H,2-3,13H2,1H3;1H/t10-;/m0./s1. The molecule has 0 aliphatic heterocycles. The summed E-state index contributed by atoms with van der Waals surface area (Å²) in [4.78, 5) is 0. The average Bonchev–Trinajstić information content (AvgIpc) is 3.04. The van der Waals surface area contributed by atoms with Gasteiger partial charge in [0.2, 0.25) is 0 Å². The van der Waals surface area contributed by atoms with Gasteiger partial charge in [-0.05, 0) is 30.9 Å². The number of halogens is 2. The van der Waals surface area contributed by atoms with E-state index in [-0.39, 0.29) is 24.2 Å². The highest BCUT2D eigenvalue weighted by Crippen LogP contribution is 2.46. The summed E-state index contributed by atoms with van der Waals surface area (Å²) < 4.78 is 5.18. The molecule has 1 aliphatic carbocycles. The van der Waals surface area contributed by atoms with Crippen LogP contribution in [0.3, 0.4) is 0 Å². The van der Waals surface area contributed by atoms with Crippen LogP contribution in [0.15, 0.2) is 12.1 Å². The van der Waals surface area contributed by atoms with Crippen LogP contribution in [0.1, 0.15) is 24.4 Å². The first-order valence-corrected chi connectivity index (χ1v) is 5.34. The molecule has 16 heavy (non-hydrogen) atoms. The lowest BCUT2D eigenvalue weighted by Gasteiger charge is -2.17. The summed E-state index contributed by atoms with van der Waals surface area (Å²) in [6, 6.07) is 3.16. The number of methoxy groups -OCH3 is 1. The quantitative estimate of drug-likeness (QED) is 0.882. The third kappa shape index (κ3) is 2.37. The Balaban J connectivity index is 0.00000128. The van der Waals surface area contributed by atoms with Gasteiger partial charge in [0.05, 0.1) is 17.7 Å². The van der Waals surface area contributed by atoms with Gasteiger partial charge in [0.25, 0.3) is 0 Å². The van der Waals surface area contributed by atoms with Gasteiger partial charge in [0.1, 0.15) is 11.5 Å². The van der Waals surface area contributed by atoms with E-state index in [0.29, 0.717) is 22.3 Å². The first-order chi connectivity index (χ1) is 7.15. The van der Waals surface area contributed by atoms with Gasteiger partial charge in [0.15, 0.2) is 0 Å². The molecule has 1 aromatic carbocycles. The number of hydrogen-bond acceptors (Lipinski definition) is 3. The molecule has 1 fully saturated rings. The Labute approximate surface area is 106 Å². The van der Waals surface area contributed by atoms with Gasteiger partial charge < -0.3 is 15.6 Å². The summed E-state index contributed by atoms with van der Waals surface area (Å²) in [6.07, 6.45) is 2.21. The van der Waals surface area contributed by atoms with Crippen molar-refractivity contribution in [3.05, 3.63) is 22.7 Å². The molecular formula is C11H15Cl2NO2. The van der Waals surface area contributed by atoms with E-state index >= 15 is 0 Å². The average molecular weight is 264 g/mol. The van der Waals surface area contributed by atoms with Crippen molar-refractivity contribution in [2.75, 3.05) is 7.11 Å². The van der Waals surface area contributed by atoms with E-state index in [4.69, 9.17) is 22.1 Å². The van der Waals surface area contributed by atoms with E-state index in [9.17, 15) is 5.11 Å². The Hall–Kier alpha value is -0.640. The molecule has 0 unspecified atom stereocenters. The van der Waals surface area contributed by atoms with Crippen molar-refractivity contribution in [3.63, 3.8) is 0 Å². The summed E-state index contributed by atoms with van der Waals surface area (Å²) in [5.41, 5.74) is 6.68. The lowest BCUT2D eigenvalue weighted by atomic mass is 10.0. The number of phenols is 1. The Morgan fingerprint density at radius 2 is 2.12 bits per heavy atom. The van der Waals surface area contributed by atoms with Crippen LogP contribution < -0.4 is 10.5 Å². The Bertz CT molecular complexity index is 380. The molecule has 0 spiro atoms. The van der Waals surface area contributed by atoms with E-state index in [2.05, 4.69) is 0 Å². The highest BCUT2D eigenvalue weighted by Gasteiger charge is 2.33. The zero-order valence-corrected chi connectivity index (χ0v) is 10.5. The van der Waals surface area contributed by atoms with Crippen molar-refractivity contribution in [1.82, 2.24) is 0 Å². The fourth-order valence-electron chi connectivity index (χ4n) is 1.75. The number of aromatic hydroxyl groups is 1. The minimum atomic E-state index is -0.182. The summed E-state index contributed by atoms with van der Waals surface area (Å²) in [7, 11) is 1.56. The molecule has 90 valence electrons. The van der Waals surface area contributed by atoms with Crippen molar-refractivity contribution in [3.8, 4) is 11.5 Å². The number of phenolic OH excluding ortho intramolecular Hbond substituents is 1. The molecule has 5 heteroatoms. The SMILES string of the molecule is COc1ccc(Cl)c(O)c1[C@@H](N)C1CC1.Cl. The molecule has 1 aromatic rings. The molecule has 1 aliphatic rings. The van der Waals surface area contributed by atoms with E-state index in [1.807, 2.05) is 0 Å². The zero-order chi connectivity index (χ0) is 11.0. The van der Waals surface area contributed by atoms with Crippen molar-refractivity contribution in [2.24, 2.45) is 11.7 Å². The van der Waals surface area contributed by atoms with Gasteiger partial charge in [-0.25, -0.2) is 0 Å². The lowest BCUT2D eigenvalue weighted by Crippen LogP contribution is -2.14. The van der Waals surface area contributed by atoms with Gasteiger partial charge in [-0.1, -0.05) is 11.6 Å². The van der Waals surface area contributed by atoms with E-state index < -0.39 is 0 Å². The van der Waals surface area contributed by atoms with Crippen molar-refractivity contribution >= 4 is 24.0 Å². The maximum absolute atomic E-state index is 9.86. The maximum atomic E-state index is 9.86. The number of benzene rings is 1. The van der Waals surface area contributed by atoms with Crippen LogP contribution >= 0.6 is 24.0 Å². The molecule has 0 heterocycles. The van der Waals surface area contributed by atoms with E-state index in [1.165, 1.54) is 0 Å². The minimum Gasteiger partial charge on any atom is -0.506 e. The predicted octanol–water partition coefficient (Wildman–Crippen LogP) is 2.89. The molecule has 3 nitrogen and oxygen atoms in total. The number of nitrogens with two attached hydrogens (primary N) is 1. The van der Waals surface area contributed by atoms with Gasteiger partial charge in [-0.2, -0.15) is 0 Å². The van der Waals surface area contributed by atoms with Crippen LogP contribution in [0.2, 0.25) is 5.02 Å². The third-order valence-corrected chi connectivity index (χ3v) is 3.12. The van der Waals surface area contributed by atoms with Crippen LogP contribution in [0.25, 0.3) is 0 Å². The van der Waals surface area contributed by atoms with E-state index in [1.54, 1.807) is 19.2 Å². The summed E-state index contributed by atoms with van der Waals surface area (Å²) in [6.45, 7) is 0. The van der Waals surface area contributed by atoms with Gasteiger partial charge in [0, 0.05) is 6.04 Å². The van der Waals surface area contributed by atoms with Gasteiger partial charge in [-0.3, -0.25) is 0 Å². The van der Waals surface area contributed by atoms with Gasteiger partial charge >= 0.3 is 0 Å². The fourth-order valence-corrected chi connectivity index (χ4v) is 1.92. The highest BCUT2D eigenvalue weighted by atomic mass is 35.5. The predicted molar refractivity (Wildman–Crippen MR) is 66.6 cm³/mol. The molecule has 1 atom stereocenters. The monoisotopic (exact) mass is 263 g/mol. The Morgan fingerprint density at radius 1 is 1.50 bits per heavy atom. The van der Waals surface area contributed by atoms with Crippen molar-refractivity contribution in [2.45, 2.75) is 18.9 Å². The summed E-state index contributed by atoms with van der Waals surface area (Å²) >= 11 is 5.85. The summed E-state index contributed by atoms with van der Waals surface area (Å²) in [5.74, 6) is 1.11. The van der Waals surface area contributed by atoms with Crippen molar-refractivity contribution in [1.29, 1.82) is 0 Å². The fraction of sp³-hybridized carbons (Fsp3) is 0.455. The molecule has 0 aromatic heterocycles. The van der Waals surface area contributed by atoms with Crippen LogP contribution in [-0.2, 0) is 0 Å². The van der Waals surface area contributed by atoms with Crippen LogP contribution in [0.5, 0.6) is 11.5 Å². The summed E-state index contributed by atoms with van der Waals surface area (Å²) in [5, 5.41) is 10.2. The molecule has 0 amide bonds. The van der Waals surface area contributed by atoms with Crippen molar-refractivity contribution < 1.29 is 9.84 Å².